The molecule has 0 unspecified atom stereocenters. The molecular weight excluding hydrogens is 403 g/mol. The molecule has 0 aliphatic carbocycles. The minimum atomic E-state index is -1.05. The molecule has 8 heteroatoms. The van der Waals surface area contributed by atoms with Crippen molar-refractivity contribution < 1.29 is 27.8 Å². The van der Waals surface area contributed by atoms with Gasteiger partial charge < -0.3 is 9.84 Å². The van der Waals surface area contributed by atoms with Crippen molar-refractivity contribution in [1.29, 1.82) is 0 Å². The molecule has 2 aromatic carbocycles. The first-order valence-electron chi connectivity index (χ1n) is 8.80. The number of halogens is 3. The zero-order valence-corrected chi connectivity index (χ0v) is 16.6. The Balaban J connectivity index is 1.84. The monoisotopic (exact) mass is 421 g/mol. The summed E-state index contributed by atoms with van der Waals surface area (Å²) in [5.41, 5.74) is 2.49. The van der Waals surface area contributed by atoms with Gasteiger partial charge in [0, 0.05) is 17.5 Å². The van der Waals surface area contributed by atoms with Gasteiger partial charge in [-0.05, 0) is 61.1 Å². The highest BCUT2D eigenvalue weighted by atomic mass is 32.1. The van der Waals surface area contributed by atoms with E-state index in [2.05, 4.69) is 4.37 Å². The lowest BCUT2D eigenvalue weighted by molar-refractivity contribution is -0.136. The van der Waals surface area contributed by atoms with Gasteiger partial charge in [-0.3, -0.25) is 4.79 Å². The fourth-order valence-electron chi connectivity index (χ4n) is 2.86. The molecule has 4 nitrogen and oxygen atoms in total. The summed E-state index contributed by atoms with van der Waals surface area (Å²) in [6, 6.07) is 6.93. The number of rotatable bonds is 7. The summed E-state index contributed by atoms with van der Waals surface area (Å²) >= 11 is 1.09. The molecule has 0 aliphatic rings. The number of hydrogen-bond acceptors (Lipinski definition) is 4. The maximum atomic E-state index is 14.4. The van der Waals surface area contributed by atoms with Gasteiger partial charge in [0.1, 0.15) is 12.4 Å². The van der Waals surface area contributed by atoms with Gasteiger partial charge in [0.25, 0.3) is 0 Å². The van der Waals surface area contributed by atoms with Crippen LogP contribution in [0.2, 0.25) is 0 Å². The zero-order valence-electron chi connectivity index (χ0n) is 15.8. The van der Waals surface area contributed by atoms with Crippen LogP contribution in [0, 0.1) is 31.3 Å². The lowest BCUT2D eigenvalue weighted by Gasteiger charge is -2.11. The maximum absolute atomic E-state index is 14.4. The molecular formula is C21H18F3NO3S. The fraction of sp³-hybridized carbons (Fsp3) is 0.238. The molecule has 0 radical (unpaired) electrons. The first-order chi connectivity index (χ1) is 13.8. The summed E-state index contributed by atoms with van der Waals surface area (Å²) in [6.07, 6.45) is -0.224. The molecule has 1 aromatic heterocycles. The number of aromatic nitrogens is 1. The van der Waals surface area contributed by atoms with Gasteiger partial charge in [-0.25, -0.2) is 13.2 Å². The van der Waals surface area contributed by atoms with E-state index in [1.165, 1.54) is 6.07 Å². The molecule has 0 saturated heterocycles. The minimum Gasteiger partial charge on any atom is -0.483 e. The number of nitrogens with zero attached hydrogens (tertiary/aromatic N) is 1. The van der Waals surface area contributed by atoms with Crippen molar-refractivity contribution in [2.24, 2.45) is 0 Å². The van der Waals surface area contributed by atoms with Gasteiger partial charge in [-0.1, -0.05) is 12.1 Å². The Morgan fingerprint density at radius 1 is 1.10 bits per heavy atom. The van der Waals surface area contributed by atoms with E-state index in [1.807, 2.05) is 0 Å². The molecule has 1 N–H and O–H groups in total. The van der Waals surface area contributed by atoms with Crippen LogP contribution in [0.5, 0.6) is 5.75 Å². The number of aryl methyl sites for hydroxylation is 3. The lowest BCUT2D eigenvalue weighted by Crippen LogP contribution is -2.04. The zero-order chi connectivity index (χ0) is 21.1. The van der Waals surface area contributed by atoms with E-state index >= 15 is 0 Å². The standard InChI is InChI=1S/C21H18F3NO3S/c1-11-3-5-14(16(22)7-11)21-15(12(2)25-29-21)10-28-20-17(23)8-13(9-18(20)24)4-6-19(26)27/h3,5,7-9H,4,6,10H2,1-2H3,(H,26,27). The number of carbonyl (C=O) groups is 1. The highest BCUT2D eigenvalue weighted by molar-refractivity contribution is 7.09. The van der Waals surface area contributed by atoms with Crippen LogP contribution in [0.3, 0.4) is 0 Å². The average molecular weight is 421 g/mol. The second-order valence-corrected chi connectivity index (χ2v) is 7.40. The molecule has 1 heterocycles. The summed E-state index contributed by atoms with van der Waals surface area (Å²) in [6.45, 7) is 3.31. The SMILES string of the molecule is Cc1ccc(-c2snc(C)c2COc2c(F)cc(CCC(=O)O)cc2F)c(F)c1. The highest BCUT2D eigenvalue weighted by Gasteiger charge is 2.19. The van der Waals surface area contributed by atoms with Crippen LogP contribution in [0.4, 0.5) is 13.2 Å². The van der Waals surface area contributed by atoms with Gasteiger partial charge in [-0.2, -0.15) is 4.37 Å². The van der Waals surface area contributed by atoms with Gasteiger partial charge in [-0.15, -0.1) is 0 Å². The molecule has 0 aliphatic heterocycles. The summed E-state index contributed by atoms with van der Waals surface area (Å²) in [5, 5.41) is 8.69. The van der Waals surface area contributed by atoms with Crippen molar-refractivity contribution in [1.82, 2.24) is 4.37 Å². The Morgan fingerprint density at radius 3 is 2.41 bits per heavy atom. The van der Waals surface area contributed by atoms with E-state index < -0.39 is 29.2 Å². The Hall–Kier alpha value is -2.87. The van der Waals surface area contributed by atoms with Gasteiger partial charge in [0.2, 0.25) is 0 Å². The maximum Gasteiger partial charge on any atom is 0.303 e. The quantitative estimate of drug-likeness (QED) is 0.552. The molecule has 0 atom stereocenters. The number of ether oxygens (including phenoxy) is 1. The number of benzene rings is 2. The van der Waals surface area contributed by atoms with Crippen molar-refractivity contribution in [3.63, 3.8) is 0 Å². The largest absolute Gasteiger partial charge is 0.483 e. The van der Waals surface area contributed by atoms with Crippen LogP contribution < -0.4 is 4.74 Å². The van der Waals surface area contributed by atoms with Crippen molar-refractivity contribution in [3.05, 3.63) is 70.2 Å². The first kappa shape index (κ1) is 20.9. The summed E-state index contributed by atoms with van der Waals surface area (Å²) < 4.78 is 52.6. The van der Waals surface area contributed by atoms with Crippen molar-refractivity contribution in [3.8, 4) is 16.2 Å². The van der Waals surface area contributed by atoms with Crippen LogP contribution in [-0.2, 0) is 17.8 Å². The Kier molecular flexibility index (Phi) is 6.22. The molecule has 3 rings (SSSR count). The number of carboxylic acids is 1. The van der Waals surface area contributed by atoms with E-state index in [0.717, 1.165) is 29.2 Å². The lowest BCUT2D eigenvalue weighted by atomic mass is 10.1. The molecule has 0 spiro atoms. The molecule has 29 heavy (non-hydrogen) atoms. The smallest absolute Gasteiger partial charge is 0.303 e. The predicted octanol–water partition coefficient (Wildman–Crippen LogP) is 5.44. The summed E-state index contributed by atoms with van der Waals surface area (Å²) in [5.74, 6) is -3.87. The van der Waals surface area contributed by atoms with Crippen molar-refractivity contribution in [2.45, 2.75) is 33.3 Å². The fourth-order valence-corrected chi connectivity index (χ4v) is 3.78. The second kappa shape index (κ2) is 8.65. The number of hydrogen-bond donors (Lipinski definition) is 1. The molecule has 3 aromatic rings. The van der Waals surface area contributed by atoms with Crippen LogP contribution >= 0.6 is 11.5 Å². The van der Waals surface area contributed by atoms with Crippen LogP contribution in [0.1, 0.15) is 28.8 Å². The third-order valence-electron chi connectivity index (χ3n) is 4.40. The third-order valence-corrected chi connectivity index (χ3v) is 5.41. The van der Waals surface area contributed by atoms with Gasteiger partial charge in [0.05, 0.1) is 10.6 Å². The number of carboxylic acid groups (broad SMARTS) is 1. The van der Waals surface area contributed by atoms with Crippen molar-refractivity contribution >= 4 is 17.5 Å². The highest BCUT2D eigenvalue weighted by Crippen LogP contribution is 2.34. The molecule has 152 valence electrons. The number of aliphatic carboxylic acids is 1. The third kappa shape index (κ3) is 4.76. The van der Waals surface area contributed by atoms with E-state index in [-0.39, 0.29) is 25.0 Å². The van der Waals surface area contributed by atoms with Crippen molar-refractivity contribution in [2.75, 3.05) is 0 Å². The van der Waals surface area contributed by atoms with E-state index in [4.69, 9.17) is 9.84 Å². The van der Waals surface area contributed by atoms with Crippen LogP contribution in [-0.4, -0.2) is 15.4 Å². The minimum absolute atomic E-state index is 0.00780. The van der Waals surface area contributed by atoms with E-state index in [1.54, 1.807) is 26.0 Å². The van der Waals surface area contributed by atoms with Gasteiger partial charge >= 0.3 is 5.97 Å². The van der Waals surface area contributed by atoms with Gasteiger partial charge in [0.15, 0.2) is 17.4 Å². The average Bonchev–Trinajstić information content (AvgIpc) is 3.00. The van der Waals surface area contributed by atoms with E-state index in [9.17, 15) is 18.0 Å². The Bertz CT molecular complexity index is 1040. The molecule has 0 fully saturated rings. The Morgan fingerprint density at radius 2 is 1.79 bits per heavy atom. The van der Waals surface area contributed by atoms with Crippen LogP contribution in [0.15, 0.2) is 30.3 Å². The molecule has 0 bridgehead atoms. The Labute approximate surface area is 169 Å². The summed E-state index contributed by atoms with van der Waals surface area (Å²) in [7, 11) is 0. The molecule has 0 saturated carbocycles. The van der Waals surface area contributed by atoms with Crippen LogP contribution in [0.25, 0.3) is 10.4 Å². The summed E-state index contributed by atoms with van der Waals surface area (Å²) in [4.78, 5) is 11.2. The second-order valence-electron chi connectivity index (χ2n) is 6.63. The van der Waals surface area contributed by atoms with E-state index in [0.29, 0.717) is 21.7 Å². The first-order valence-corrected chi connectivity index (χ1v) is 9.57. The normalized spacial score (nSPS) is 10.9. The predicted molar refractivity (Wildman–Crippen MR) is 104 cm³/mol. The molecule has 0 amide bonds. The topological polar surface area (TPSA) is 59.4 Å².